The summed E-state index contributed by atoms with van der Waals surface area (Å²) in [6.07, 6.45) is 0. The summed E-state index contributed by atoms with van der Waals surface area (Å²) >= 11 is 0. The lowest BCUT2D eigenvalue weighted by Gasteiger charge is -2.18. The molecule has 2 aromatic rings. The van der Waals surface area contributed by atoms with E-state index in [9.17, 15) is 4.39 Å². The number of hydrogen-bond donors (Lipinski definition) is 1. The Kier molecular flexibility index (Phi) is 5.79. The summed E-state index contributed by atoms with van der Waals surface area (Å²) in [6.45, 7) is 2.18. The van der Waals surface area contributed by atoms with Crippen LogP contribution in [0.25, 0.3) is 11.4 Å². The van der Waals surface area contributed by atoms with Gasteiger partial charge in [-0.2, -0.15) is 4.98 Å². The lowest BCUT2D eigenvalue weighted by atomic mass is 10.2. The molecule has 1 heterocycles. The van der Waals surface area contributed by atoms with Gasteiger partial charge in [-0.25, -0.2) is 4.39 Å². The zero-order valence-corrected chi connectivity index (χ0v) is 11.8. The molecule has 0 fully saturated rings. The lowest BCUT2D eigenvalue weighted by molar-refractivity contribution is 0.118. The molecule has 1 aromatic carbocycles. The van der Waals surface area contributed by atoms with Crippen LogP contribution in [0.15, 0.2) is 28.8 Å². The van der Waals surface area contributed by atoms with Crippen molar-refractivity contribution in [2.24, 2.45) is 0 Å². The van der Waals surface area contributed by atoms with Crippen molar-refractivity contribution < 1.29 is 18.8 Å². The second-order valence-corrected chi connectivity index (χ2v) is 4.51. The Balaban J connectivity index is 2.02. The van der Waals surface area contributed by atoms with Crippen molar-refractivity contribution in [1.29, 1.82) is 0 Å². The maximum absolute atomic E-state index is 12.9. The van der Waals surface area contributed by atoms with Crippen LogP contribution in [-0.4, -0.2) is 53.6 Å². The molecule has 0 aliphatic heterocycles. The number of aliphatic hydroxyl groups excluding tert-OH is 1. The van der Waals surface area contributed by atoms with Gasteiger partial charge in [-0.15, -0.1) is 0 Å². The molecule has 0 aliphatic carbocycles. The number of rotatable bonds is 8. The zero-order chi connectivity index (χ0) is 15.1. The molecule has 0 aliphatic rings. The van der Waals surface area contributed by atoms with E-state index < -0.39 is 0 Å². The van der Waals surface area contributed by atoms with Gasteiger partial charge in [0, 0.05) is 25.8 Å². The van der Waals surface area contributed by atoms with Crippen molar-refractivity contribution in [2.75, 3.05) is 33.4 Å². The van der Waals surface area contributed by atoms with E-state index in [4.69, 9.17) is 14.4 Å². The van der Waals surface area contributed by atoms with E-state index in [2.05, 4.69) is 10.1 Å². The first-order valence-corrected chi connectivity index (χ1v) is 6.63. The van der Waals surface area contributed by atoms with E-state index >= 15 is 0 Å². The summed E-state index contributed by atoms with van der Waals surface area (Å²) in [7, 11) is 1.62. The highest BCUT2D eigenvalue weighted by Gasteiger charge is 2.13. The van der Waals surface area contributed by atoms with Crippen molar-refractivity contribution in [3.63, 3.8) is 0 Å². The molecule has 0 bridgehead atoms. The number of aliphatic hydroxyl groups is 1. The molecule has 1 aromatic heterocycles. The number of nitrogens with zero attached hydrogens (tertiary/aromatic N) is 3. The van der Waals surface area contributed by atoms with Gasteiger partial charge < -0.3 is 14.4 Å². The predicted octanol–water partition coefficient (Wildman–Crippen LogP) is 1.32. The van der Waals surface area contributed by atoms with Crippen LogP contribution in [0.4, 0.5) is 4.39 Å². The third-order valence-corrected chi connectivity index (χ3v) is 2.96. The second kappa shape index (κ2) is 7.82. The minimum Gasteiger partial charge on any atom is -0.395 e. The second-order valence-electron chi connectivity index (χ2n) is 4.51. The zero-order valence-electron chi connectivity index (χ0n) is 11.8. The van der Waals surface area contributed by atoms with E-state index in [-0.39, 0.29) is 12.4 Å². The minimum absolute atomic E-state index is 0.0443. The highest BCUT2D eigenvalue weighted by Crippen LogP contribution is 2.16. The van der Waals surface area contributed by atoms with E-state index in [1.807, 2.05) is 4.90 Å². The number of aromatic nitrogens is 2. The third-order valence-electron chi connectivity index (χ3n) is 2.96. The van der Waals surface area contributed by atoms with Gasteiger partial charge in [0.1, 0.15) is 5.82 Å². The SMILES string of the molecule is COCCN(CCO)Cc1nc(-c2ccc(F)cc2)no1. The van der Waals surface area contributed by atoms with E-state index in [0.29, 0.717) is 43.5 Å². The van der Waals surface area contributed by atoms with Gasteiger partial charge >= 0.3 is 0 Å². The molecule has 6 nitrogen and oxygen atoms in total. The molecular formula is C14H18FN3O3. The van der Waals surface area contributed by atoms with Gasteiger partial charge in [0.05, 0.1) is 19.8 Å². The standard InChI is InChI=1S/C14H18FN3O3/c1-20-9-7-18(6-8-19)10-13-16-14(17-21-13)11-2-4-12(15)5-3-11/h2-5,19H,6-10H2,1H3. The first-order valence-electron chi connectivity index (χ1n) is 6.63. The highest BCUT2D eigenvalue weighted by atomic mass is 19.1. The van der Waals surface area contributed by atoms with Gasteiger partial charge in [-0.1, -0.05) is 5.16 Å². The summed E-state index contributed by atoms with van der Waals surface area (Å²) in [6, 6.07) is 5.89. The number of benzene rings is 1. The van der Waals surface area contributed by atoms with Crippen LogP contribution in [0, 0.1) is 5.82 Å². The van der Waals surface area contributed by atoms with Crippen molar-refractivity contribution in [3.8, 4) is 11.4 Å². The van der Waals surface area contributed by atoms with E-state index in [1.54, 1.807) is 19.2 Å². The van der Waals surface area contributed by atoms with Crippen LogP contribution in [0.5, 0.6) is 0 Å². The molecule has 0 radical (unpaired) electrons. The Morgan fingerprint density at radius 1 is 1.29 bits per heavy atom. The van der Waals surface area contributed by atoms with Crippen LogP contribution in [0.2, 0.25) is 0 Å². The number of methoxy groups -OCH3 is 1. The predicted molar refractivity (Wildman–Crippen MR) is 73.9 cm³/mol. The molecule has 7 heteroatoms. The Bertz CT molecular complexity index is 545. The first kappa shape index (κ1) is 15.6. The topological polar surface area (TPSA) is 71.6 Å². The molecule has 114 valence electrons. The van der Waals surface area contributed by atoms with Crippen LogP contribution < -0.4 is 0 Å². The smallest absolute Gasteiger partial charge is 0.241 e. The van der Waals surface area contributed by atoms with Gasteiger partial charge in [0.2, 0.25) is 11.7 Å². The summed E-state index contributed by atoms with van der Waals surface area (Å²) in [5.41, 5.74) is 0.692. The summed E-state index contributed by atoms with van der Waals surface area (Å²) < 4.78 is 23.1. The number of halogens is 1. The Hall–Kier alpha value is -1.83. The van der Waals surface area contributed by atoms with E-state index in [1.165, 1.54) is 12.1 Å². The van der Waals surface area contributed by atoms with Gasteiger partial charge in [-0.05, 0) is 24.3 Å². The molecule has 0 atom stereocenters. The molecule has 0 spiro atoms. The fourth-order valence-electron chi connectivity index (χ4n) is 1.86. The van der Waals surface area contributed by atoms with Crippen molar-refractivity contribution in [3.05, 3.63) is 36.0 Å². The number of ether oxygens (including phenoxy) is 1. The Morgan fingerprint density at radius 3 is 2.71 bits per heavy atom. The number of hydrogen-bond acceptors (Lipinski definition) is 6. The van der Waals surface area contributed by atoms with Crippen LogP contribution in [0.1, 0.15) is 5.89 Å². The molecule has 0 saturated heterocycles. The first-order chi connectivity index (χ1) is 10.2. The fraction of sp³-hybridized carbons (Fsp3) is 0.429. The normalized spacial score (nSPS) is 11.2. The average molecular weight is 295 g/mol. The van der Waals surface area contributed by atoms with Gasteiger partial charge in [0.25, 0.3) is 0 Å². The molecule has 1 N–H and O–H groups in total. The van der Waals surface area contributed by atoms with Crippen LogP contribution in [0.3, 0.4) is 0 Å². The highest BCUT2D eigenvalue weighted by molar-refractivity contribution is 5.53. The van der Waals surface area contributed by atoms with E-state index in [0.717, 1.165) is 0 Å². The van der Waals surface area contributed by atoms with Crippen LogP contribution in [-0.2, 0) is 11.3 Å². The van der Waals surface area contributed by atoms with Gasteiger partial charge in [0.15, 0.2) is 0 Å². The lowest BCUT2D eigenvalue weighted by Crippen LogP contribution is -2.29. The van der Waals surface area contributed by atoms with Crippen molar-refractivity contribution in [1.82, 2.24) is 15.0 Å². The summed E-state index contributed by atoms with van der Waals surface area (Å²) in [5, 5.41) is 12.9. The monoisotopic (exact) mass is 295 g/mol. The van der Waals surface area contributed by atoms with Crippen molar-refractivity contribution in [2.45, 2.75) is 6.54 Å². The summed E-state index contributed by atoms with van der Waals surface area (Å²) in [5.74, 6) is 0.552. The molecule has 0 unspecified atom stereocenters. The summed E-state index contributed by atoms with van der Waals surface area (Å²) in [4.78, 5) is 6.23. The Morgan fingerprint density at radius 2 is 2.05 bits per heavy atom. The fourth-order valence-corrected chi connectivity index (χ4v) is 1.86. The Labute approximate surface area is 122 Å². The average Bonchev–Trinajstić information content (AvgIpc) is 2.94. The van der Waals surface area contributed by atoms with Crippen molar-refractivity contribution >= 4 is 0 Å². The molecule has 0 amide bonds. The minimum atomic E-state index is -0.309. The maximum Gasteiger partial charge on any atom is 0.241 e. The molecule has 0 saturated carbocycles. The molecular weight excluding hydrogens is 277 g/mol. The van der Waals surface area contributed by atoms with Gasteiger partial charge in [-0.3, -0.25) is 4.90 Å². The third kappa shape index (κ3) is 4.59. The molecule has 2 rings (SSSR count). The quantitative estimate of drug-likeness (QED) is 0.792. The van der Waals surface area contributed by atoms with Crippen LogP contribution >= 0.6 is 0 Å². The molecule has 21 heavy (non-hydrogen) atoms. The largest absolute Gasteiger partial charge is 0.395 e. The maximum atomic E-state index is 12.9.